The minimum absolute atomic E-state index is 0.166. The molecule has 2 N–H and O–H groups in total. The molecular formula is C28H35Cl2NO4. The summed E-state index contributed by atoms with van der Waals surface area (Å²) in [7, 11) is 0. The Morgan fingerprint density at radius 1 is 1.14 bits per heavy atom. The lowest BCUT2D eigenvalue weighted by atomic mass is 9.67. The molecule has 1 amide bonds. The number of aliphatic carboxylic acids is 1. The number of amides is 1. The topological polar surface area (TPSA) is 77.8 Å². The van der Waals surface area contributed by atoms with Gasteiger partial charge in [-0.15, -0.1) is 0 Å². The third-order valence-corrected chi connectivity index (χ3v) is 7.57. The van der Waals surface area contributed by atoms with Gasteiger partial charge in [-0.3, -0.25) is 9.59 Å². The zero-order valence-corrected chi connectivity index (χ0v) is 22.3. The van der Waals surface area contributed by atoms with Crippen molar-refractivity contribution in [2.45, 2.75) is 83.4 Å². The molecule has 5 nitrogen and oxygen atoms in total. The van der Waals surface area contributed by atoms with Crippen LogP contribution in [-0.4, -0.2) is 38.6 Å². The second kappa shape index (κ2) is 10.9. The van der Waals surface area contributed by atoms with Crippen LogP contribution in [0, 0.1) is 5.41 Å². The average molecular weight is 520 g/mol. The van der Waals surface area contributed by atoms with Gasteiger partial charge in [0.25, 0.3) is 0 Å². The van der Waals surface area contributed by atoms with Crippen LogP contribution in [0.4, 0.5) is 0 Å². The van der Waals surface area contributed by atoms with E-state index in [1.807, 2.05) is 60.4 Å². The monoisotopic (exact) mass is 519 g/mol. The third kappa shape index (κ3) is 6.58. The van der Waals surface area contributed by atoms with Gasteiger partial charge in [-0.1, -0.05) is 61.3 Å². The number of halogens is 2. The summed E-state index contributed by atoms with van der Waals surface area (Å²) in [5.74, 6) is -1.34. The summed E-state index contributed by atoms with van der Waals surface area (Å²) in [4.78, 5) is 27.9. The highest BCUT2D eigenvalue weighted by Gasteiger charge is 2.52. The smallest absolute Gasteiger partial charge is 0.304 e. The molecule has 0 aliphatic carbocycles. The average Bonchev–Trinajstić information content (AvgIpc) is 2.76. The molecule has 4 atom stereocenters. The first-order valence-corrected chi connectivity index (χ1v) is 12.9. The molecule has 0 saturated carbocycles. The van der Waals surface area contributed by atoms with Gasteiger partial charge < -0.3 is 15.1 Å². The number of hydrogen-bond acceptors (Lipinski definition) is 3. The summed E-state index contributed by atoms with van der Waals surface area (Å²) < 4.78 is 0. The number of carboxylic acids is 1. The predicted molar refractivity (Wildman–Crippen MR) is 140 cm³/mol. The molecule has 1 aliphatic heterocycles. The van der Waals surface area contributed by atoms with Crippen molar-refractivity contribution in [1.29, 1.82) is 0 Å². The standard InChI is InChI=1S/C28H35Cl2NO4/c1-5-22(13-14-27(2,3)35)31-25(18-9-11-20(29)12-10-18)23(19-7-6-8-21(30)15-19)16-28(4,26(31)34)17-24(32)33/h6-12,15,22-23,25,35H,5,13-14,16-17H2,1-4H3,(H,32,33)/t22-,23?,25?,28+/m0/s1. The fraction of sp³-hybridized carbons (Fsp3) is 0.500. The van der Waals surface area contributed by atoms with Gasteiger partial charge in [-0.2, -0.15) is 0 Å². The number of hydrogen-bond donors (Lipinski definition) is 2. The number of carbonyl (C=O) groups is 2. The molecule has 2 unspecified atom stereocenters. The van der Waals surface area contributed by atoms with Crippen molar-refractivity contribution >= 4 is 35.1 Å². The zero-order chi connectivity index (χ0) is 26.0. The van der Waals surface area contributed by atoms with E-state index in [2.05, 4.69) is 0 Å². The van der Waals surface area contributed by atoms with Gasteiger partial charge in [0.2, 0.25) is 5.91 Å². The Morgan fingerprint density at radius 3 is 2.34 bits per heavy atom. The Hall–Kier alpha value is -2.08. The maximum absolute atomic E-state index is 14.2. The van der Waals surface area contributed by atoms with Gasteiger partial charge in [0.05, 0.1) is 23.5 Å². The van der Waals surface area contributed by atoms with E-state index >= 15 is 0 Å². The van der Waals surface area contributed by atoms with E-state index in [1.54, 1.807) is 20.8 Å². The number of rotatable bonds is 9. The van der Waals surface area contributed by atoms with Crippen LogP contribution in [-0.2, 0) is 9.59 Å². The van der Waals surface area contributed by atoms with E-state index in [0.717, 1.165) is 11.1 Å². The van der Waals surface area contributed by atoms with Crippen LogP contribution in [0.1, 0.15) is 82.9 Å². The Kier molecular flexibility index (Phi) is 8.56. The number of likely N-dealkylation sites (tertiary alicyclic amines) is 1. The first-order valence-electron chi connectivity index (χ1n) is 12.1. The molecule has 1 heterocycles. The maximum atomic E-state index is 14.2. The van der Waals surface area contributed by atoms with Gasteiger partial charge >= 0.3 is 5.97 Å². The Morgan fingerprint density at radius 2 is 1.80 bits per heavy atom. The fourth-order valence-electron chi connectivity index (χ4n) is 5.34. The molecule has 2 aromatic rings. The lowest BCUT2D eigenvalue weighted by Gasteiger charge is -2.52. The van der Waals surface area contributed by atoms with Crippen molar-refractivity contribution < 1.29 is 19.8 Å². The molecule has 190 valence electrons. The fourth-order valence-corrected chi connectivity index (χ4v) is 5.67. The number of carboxylic acid groups (broad SMARTS) is 1. The van der Waals surface area contributed by atoms with E-state index in [9.17, 15) is 19.8 Å². The summed E-state index contributed by atoms with van der Waals surface area (Å²) in [5.41, 5.74) is -0.0569. The molecule has 1 fully saturated rings. The highest BCUT2D eigenvalue weighted by molar-refractivity contribution is 6.30. The third-order valence-electron chi connectivity index (χ3n) is 7.09. The second-order valence-electron chi connectivity index (χ2n) is 10.6. The van der Waals surface area contributed by atoms with Crippen molar-refractivity contribution in [3.63, 3.8) is 0 Å². The minimum Gasteiger partial charge on any atom is -0.481 e. The molecule has 1 aliphatic rings. The summed E-state index contributed by atoms with van der Waals surface area (Å²) >= 11 is 12.6. The van der Waals surface area contributed by atoms with Crippen molar-refractivity contribution in [1.82, 2.24) is 4.90 Å². The van der Waals surface area contributed by atoms with Gasteiger partial charge in [-0.05, 0) is 74.9 Å². The first kappa shape index (κ1) is 27.5. The number of piperidine rings is 1. The number of aliphatic hydroxyl groups is 1. The molecule has 35 heavy (non-hydrogen) atoms. The summed E-state index contributed by atoms with van der Waals surface area (Å²) in [6.45, 7) is 7.31. The molecule has 2 aromatic carbocycles. The molecule has 0 bridgehead atoms. The summed E-state index contributed by atoms with van der Waals surface area (Å²) in [6, 6.07) is 14.6. The number of carbonyl (C=O) groups excluding carboxylic acids is 1. The van der Waals surface area contributed by atoms with E-state index < -0.39 is 17.0 Å². The molecule has 3 rings (SSSR count). The highest BCUT2D eigenvalue weighted by atomic mass is 35.5. The van der Waals surface area contributed by atoms with Crippen molar-refractivity contribution in [2.75, 3.05) is 0 Å². The lowest BCUT2D eigenvalue weighted by molar-refractivity contribution is -0.161. The summed E-state index contributed by atoms with van der Waals surface area (Å²) in [5, 5.41) is 21.3. The first-order chi connectivity index (χ1) is 16.3. The number of benzene rings is 2. The van der Waals surface area contributed by atoms with Crippen LogP contribution in [0.25, 0.3) is 0 Å². The summed E-state index contributed by atoms with van der Waals surface area (Å²) in [6.07, 6.45) is 1.91. The molecule has 1 saturated heterocycles. The Balaban J connectivity index is 2.20. The van der Waals surface area contributed by atoms with Crippen LogP contribution in [0.3, 0.4) is 0 Å². The van der Waals surface area contributed by atoms with Gasteiger partial charge in [0.1, 0.15) is 0 Å². The number of nitrogens with zero attached hydrogens (tertiary/aromatic N) is 1. The quantitative estimate of drug-likeness (QED) is 0.379. The molecular weight excluding hydrogens is 485 g/mol. The minimum atomic E-state index is -1.08. The van der Waals surface area contributed by atoms with Gasteiger partial charge in [-0.25, -0.2) is 0 Å². The van der Waals surface area contributed by atoms with E-state index in [0.29, 0.717) is 35.7 Å². The Bertz CT molecular complexity index is 1050. The van der Waals surface area contributed by atoms with Gasteiger partial charge in [0.15, 0.2) is 0 Å². The maximum Gasteiger partial charge on any atom is 0.304 e. The van der Waals surface area contributed by atoms with E-state index in [1.165, 1.54) is 0 Å². The normalized spacial score (nSPS) is 23.9. The largest absolute Gasteiger partial charge is 0.481 e. The Labute approximate surface area is 218 Å². The van der Waals surface area contributed by atoms with Crippen LogP contribution in [0.5, 0.6) is 0 Å². The van der Waals surface area contributed by atoms with E-state index in [4.69, 9.17) is 23.2 Å². The molecule has 0 spiro atoms. The SMILES string of the molecule is CC[C@@H](CCC(C)(C)O)N1C(=O)[C@@](C)(CC(=O)O)CC(c2cccc(Cl)c2)C1c1ccc(Cl)cc1. The van der Waals surface area contributed by atoms with Crippen LogP contribution in [0.2, 0.25) is 10.0 Å². The zero-order valence-electron chi connectivity index (χ0n) is 20.8. The molecule has 7 heteroatoms. The predicted octanol–water partition coefficient (Wildman–Crippen LogP) is 6.86. The lowest BCUT2D eigenvalue weighted by Crippen LogP contribution is -2.56. The van der Waals surface area contributed by atoms with Crippen LogP contribution >= 0.6 is 23.2 Å². The second-order valence-corrected chi connectivity index (χ2v) is 11.5. The van der Waals surface area contributed by atoms with Crippen molar-refractivity contribution in [3.05, 3.63) is 69.7 Å². The highest BCUT2D eigenvalue weighted by Crippen LogP contribution is 2.52. The van der Waals surface area contributed by atoms with Gasteiger partial charge in [0, 0.05) is 22.0 Å². The van der Waals surface area contributed by atoms with Crippen LogP contribution in [0.15, 0.2) is 48.5 Å². The van der Waals surface area contributed by atoms with Crippen molar-refractivity contribution in [2.24, 2.45) is 5.41 Å². The van der Waals surface area contributed by atoms with E-state index in [-0.39, 0.29) is 30.3 Å². The molecule has 0 aromatic heterocycles. The molecule has 0 radical (unpaired) electrons. The van der Waals surface area contributed by atoms with Crippen molar-refractivity contribution in [3.8, 4) is 0 Å². The van der Waals surface area contributed by atoms with Crippen LogP contribution < -0.4 is 0 Å².